The lowest BCUT2D eigenvalue weighted by Crippen LogP contribution is -2.49. The average molecular weight is 719 g/mol. The van der Waals surface area contributed by atoms with E-state index in [1.807, 2.05) is 0 Å². The van der Waals surface area contributed by atoms with Gasteiger partial charge < -0.3 is 47.7 Å². The minimum Gasteiger partial charge on any atom is -0.478 e. The molecule has 2 aliphatic heterocycles. The van der Waals surface area contributed by atoms with Gasteiger partial charge in [0.1, 0.15) is 0 Å². The molecule has 0 radical (unpaired) electrons. The van der Waals surface area contributed by atoms with Crippen LogP contribution in [0.15, 0.2) is 24.3 Å². The molecule has 0 saturated carbocycles. The number of aromatic carboxylic acids is 2. The summed E-state index contributed by atoms with van der Waals surface area (Å²) >= 11 is 0. The summed E-state index contributed by atoms with van der Waals surface area (Å²) in [6.45, 7) is 0.101. The van der Waals surface area contributed by atoms with Crippen LogP contribution in [0.3, 0.4) is 0 Å². The second kappa shape index (κ2) is 15.4. The summed E-state index contributed by atoms with van der Waals surface area (Å²) in [5, 5.41) is 24.2. The molecule has 0 aliphatic carbocycles. The average Bonchev–Trinajstić information content (AvgIpc) is 3.53. The van der Waals surface area contributed by atoms with Crippen molar-refractivity contribution in [2.45, 2.75) is 24.9 Å². The number of rotatable bonds is 17. The van der Waals surface area contributed by atoms with Gasteiger partial charge in [0.05, 0.1) is 44.5 Å². The van der Waals surface area contributed by atoms with Gasteiger partial charge in [0.25, 0.3) is 11.8 Å². The predicted octanol–water partition coefficient (Wildman–Crippen LogP) is 0.759. The van der Waals surface area contributed by atoms with Crippen LogP contribution in [-0.4, -0.2) is 110 Å². The van der Waals surface area contributed by atoms with E-state index >= 15 is 0 Å². The number of amides is 2. The molecular formula is C29H30N2O16Si2. The first-order valence-corrected chi connectivity index (χ1v) is 18.2. The molecule has 2 aliphatic rings. The summed E-state index contributed by atoms with van der Waals surface area (Å²) in [6, 6.07) is 4.41. The largest absolute Gasteiger partial charge is 0.491 e. The second-order valence-corrected chi connectivity index (χ2v) is 16.0. The highest BCUT2D eigenvalue weighted by atomic mass is 28.4. The van der Waals surface area contributed by atoms with Crippen molar-refractivity contribution in [3.8, 4) is 0 Å². The molecule has 2 aromatic carbocycles. The van der Waals surface area contributed by atoms with Gasteiger partial charge in [-0.05, 0) is 43.2 Å². The number of carboxylic acids is 2. The maximum atomic E-state index is 12.9. The zero-order chi connectivity index (χ0) is 36.0. The van der Waals surface area contributed by atoms with Crippen LogP contribution in [0.25, 0.3) is 0 Å². The topological polar surface area (TPSA) is 256 Å². The third-order valence-electron chi connectivity index (χ3n) is 7.56. The Kier molecular flexibility index (Phi) is 11.5. The van der Waals surface area contributed by atoms with Gasteiger partial charge in [-0.25, -0.2) is 28.8 Å². The number of carbonyl (C=O) groups excluding carboxylic acids is 6. The summed E-state index contributed by atoms with van der Waals surface area (Å²) in [6.07, 6.45) is 0.602. The van der Waals surface area contributed by atoms with Crippen LogP contribution in [-0.2, 0) is 26.9 Å². The van der Waals surface area contributed by atoms with Crippen molar-refractivity contribution in [3.63, 3.8) is 0 Å². The number of hydrogen-bond acceptors (Lipinski definition) is 14. The number of fused-ring (bicyclic) bond motifs is 2. The van der Waals surface area contributed by atoms with Crippen LogP contribution in [0.5, 0.6) is 0 Å². The Morgan fingerprint density at radius 1 is 0.673 bits per heavy atom. The minimum absolute atomic E-state index is 0.0291. The molecule has 2 heterocycles. The number of carbonyl (C=O) groups is 8. The van der Waals surface area contributed by atoms with E-state index in [9.17, 15) is 48.6 Å². The van der Waals surface area contributed by atoms with Gasteiger partial charge in [-0.15, -0.1) is 0 Å². The third kappa shape index (κ3) is 7.96. The van der Waals surface area contributed by atoms with Crippen molar-refractivity contribution in [3.05, 3.63) is 68.8 Å². The zero-order valence-electron chi connectivity index (χ0n) is 26.2. The molecular weight excluding hydrogens is 688 g/mol. The fourth-order valence-corrected chi connectivity index (χ4v) is 10.7. The molecule has 1 unspecified atom stereocenters. The molecule has 0 spiro atoms. The van der Waals surface area contributed by atoms with Crippen LogP contribution in [0.1, 0.15) is 95.7 Å². The molecule has 20 heteroatoms. The highest BCUT2D eigenvalue weighted by Gasteiger charge is 2.41. The Morgan fingerprint density at radius 2 is 1.06 bits per heavy atom. The van der Waals surface area contributed by atoms with Gasteiger partial charge in [0, 0.05) is 40.5 Å². The summed E-state index contributed by atoms with van der Waals surface area (Å²) in [5.74, 6) is -8.52. The summed E-state index contributed by atoms with van der Waals surface area (Å²) < 4.78 is 31.9. The molecule has 1 atom stereocenters. The predicted molar refractivity (Wildman–Crippen MR) is 165 cm³/mol. The Hall–Kier alpha value is -5.13. The van der Waals surface area contributed by atoms with E-state index in [1.165, 1.54) is 21.3 Å². The normalized spacial score (nSPS) is 14.1. The first kappa shape index (κ1) is 36.7. The fourth-order valence-electron chi connectivity index (χ4n) is 5.03. The van der Waals surface area contributed by atoms with Crippen molar-refractivity contribution >= 4 is 65.7 Å². The van der Waals surface area contributed by atoms with Gasteiger partial charge >= 0.3 is 53.9 Å². The lowest BCUT2D eigenvalue weighted by atomic mass is 9.99. The van der Waals surface area contributed by atoms with Gasteiger partial charge in [-0.1, -0.05) is 0 Å². The molecule has 18 nitrogen and oxygen atoms in total. The van der Waals surface area contributed by atoms with Gasteiger partial charge in [0.2, 0.25) is 0 Å². The quantitative estimate of drug-likeness (QED) is 0.0762. The molecule has 0 aromatic heterocycles. The summed E-state index contributed by atoms with van der Waals surface area (Å²) in [7, 11) is -1.61. The van der Waals surface area contributed by atoms with Crippen LogP contribution in [0.4, 0.5) is 0 Å². The van der Waals surface area contributed by atoms with E-state index in [1.54, 1.807) is 0 Å². The SMILES string of the molecule is CO[SiH](CCCNC(=O)c1cc2c(cc1C(=O)O)C(=O)OC2=O)O[Si](CCCNC(=O)c1cc2c(cc1C(=O)O)C(=O)OC2=O)(OC)OC. The Balaban J connectivity index is 1.30. The number of carboxylic acid groups (broad SMARTS) is 2. The van der Waals surface area contributed by atoms with Crippen LogP contribution < -0.4 is 10.6 Å². The second-order valence-electron chi connectivity index (χ2n) is 10.5. The van der Waals surface area contributed by atoms with Gasteiger partial charge in [0.15, 0.2) is 0 Å². The lowest BCUT2D eigenvalue weighted by Gasteiger charge is -2.30. The van der Waals surface area contributed by atoms with Crippen LogP contribution in [0.2, 0.25) is 12.1 Å². The summed E-state index contributed by atoms with van der Waals surface area (Å²) in [5.41, 5.74) is -2.52. The van der Waals surface area contributed by atoms with Crippen LogP contribution >= 0.6 is 0 Å². The first-order chi connectivity index (χ1) is 23.2. The molecule has 4 rings (SSSR count). The van der Waals surface area contributed by atoms with Crippen LogP contribution in [0, 0.1) is 0 Å². The van der Waals surface area contributed by atoms with E-state index in [-0.39, 0.29) is 58.9 Å². The molecule has 4 N–H and O–H groups in total. The third-order valence-corrected chi connectivity index (χ3v) is 13.7. The molecule has 260 valence electrons. The van der Waals surface area contributed by atoms with Crippen molar-refractivity contribution in [2.75, 3.05) is 34.4 Å². The van der Waals surface area contributed by atoms with Crippen molar-refractivity contribution in [1.29, 1.82) is 0 Å². The highest BCUT2D eigenvalue weighted by molar-refractivity contribution is 6.69. The van der Waals surface area contributed by atoms with E-state index in [0.717, 1.165) is 24.3 Å². The maximum absolute atomic E-state index is 12.9. The smallest absolute Gasteiger partial charge is 0.478 e. The summed E-state index contributed by atoms with van der Waals surface area (Å²) in [4.78, 5) is 96.5. The van der Waals surface area contributed by atoms with Crippen molar-refractivity contribution in [1.82, 2.24) is 10.6 Å². The Labute approximate surface area is 279 Å². The molecule has 49 heavy (non-hydrogen) atoms. The number of cyclic esters (lactones) is 4. The maximum Gasteiger partial charge on any atom is 0.491 e. The Bertz CT molecular complexity index is 1760. The molecule has 0 saturated heterocycles. The van der Waals surface area contributed by atoms with Gasteiger partial charge in [-0.3, -0.25) is 9.59 Å². The number of ether oxygens (including phenoxy) is 2. The number of nitrogens with one attached hydrogen (secondary N) is 2. The number of benzene rings is 2. The molecule has 0 fully saturated rings. The Morgan fingerprint density at radius 3 is 1.43 bits per heavy atom. The monoisotopic (exact) mass is 718 g/mol. The van der Waals surface area contributed by atoms with E-state index in [0.29, 0.717) is 12.5 Å². The van der Waals surface area contributed by atoms with E-state index < -0.39 is 76.8 Å². The highest BCUT2D eigenvalue weighted by Crippen LogP contribution is 2.26. The van der Waals surface area contributed by atoms with Crippen molar-refractivity contribution < 1.29 is 75.4 Å². The zero-order valence-corrected chi connectivity index (χ0v) is 28.4. The number of esters is 4. The molecule has 0 bridgehead atoms. The van der Waals surface area contributed by atoms with Gasteiger partial charge in [-0.2, -0.15) is 0 Å². The number of hydrogen-bond donors (Lipinski definition) is 4. The standard InChI is InChI=1S/C29H30N2O16Si2/c1-42-48(8-4-6-30-22(32)14-10-18-20(12-16(14)24(34)35)28(40)45-26(18)38)47-49(43-2,44-3)9-5-7-31-23(33)15-11-19-21(13-17(15)25(36)37)29(41)46-27(19)39/h10-13,48H,4-9H2,1-3H3,(H,30,32)(H,31,33)(H,34,35)(H,36,37). The van der Waals surface area contributed by atoms with E-state index in [2.05, 4.69) is 20.1 Å². The fraction of sp³-hybridized carbons (Fsp3) is 0.310. The minimum atomic E-state index is -3.35. The molecule has 2 amide bonds. The van der Waals surface area contributed by atoms with E-state index in [4.69, 9.17) is 17.4 Å². The lowest BCUT2D eigenvalue weighted by molar-refractivity contribution is 0.0425. The van der Waals surface area contributed by atoms with Crippen molar-refractivity contribution in [2.24, 2.45) is 0 Å². The first-order valence-electron chi connectivity index (χ1n) is 14.5. The molecule has 2 aromatic rings.